The second-order valence-corrected chi connectivity index (χ2v) is 6.77. The molecule has 1 amide bonds. The third kappa shape index (κ3) is 3.08. The van der Waals surface area contributed by atoms with Gasteiger partial charge in [0.15, 0.2) is 0 Å². The molecule has 1 aromatic heterocycles. The van der Waals surface area contributed by atoms with Crippen molar-refractivity contribution in [1.82, 2.24) is 15.5 Å². The van der Waals surface area contributed by atoms with Crippen LogP contribution >= 0.6 is 0 Å². The number of aromatic amines is 1. The van der Waals surface area contributed by atoms with Crippen molar-refractivity contribution in [3.05, 3.63) is 65.4 Å². The molecule has 0 bridgehead atoms. The highest BCUT2D eigenvalue weighted by Crippen LogP contribution is 2.34. The van der Waals surface area contributed by atoms with Gasteiger partial charge in [-0.3, -0.25) is 9.89 Å². The minimum atomic E-state index is -0.114. The Morgan fingerprint density at radius 3 is 3.04 bits per heavy atom. The molecule has 132 valence electrons. The largest absolute Gasteiger partial charge is 0.493 e. The van der Waals surface area contributed by atoms with Gasteiger partial charge in [-0.25, -0.2) is 0 Å². The normalized spacial score (nSPS) is 19.3. The first-order chi connectivity index (χ1) is 12.6. The SMILES string of the molecule is Cc1[nH]nc2cc(C=CC(=O)NC3c4ccccc4OCC3C)ccc12. The van der Waals surface area contributed by atoms with Crippen molar-refractivity contribution >= 4 is 22.9 Å². The summed E-state index contributed by atoms with van der Waals surface area (Å²) in [7, 11) is 0. The standard InChI is InChI=1S/C21H21N3O2/c1-13-12-26-19-6-4-3-5-17(19)21(13)22-20(25)10-8-15-7-9-16-14(2)23-24-18(16)11-15/h3-11,13,21H,12H2,1-2H3,(H,22,25)(H,23,24). The van der Waals surface area contributed by atoms with Crippen LogP contribution in [0.5, 0.6) is 5.75 Å². The highest BCUT2D eigenvalue weighted by molar-refractivity contribution is 5.93. The van der Waals surface area contributed by atoms with Gasteiger partial charge in [-0.15, -0.1) is 0 Å². The first-order valence-corrected chi connectivity index (χ1v) is 8.77. The maximum Gasteiger partial charge on any atom is 0.244 e. The van der Waals surface area contributed by atoms with Crippen molar-refractivity contribution in [2.75, 3.05) is 6.61 Å². The quantitative estimate of drug-likeness (QED) is 0.709. The zero-order chi connectivity index (χ0) is 18.1. The molecule has 2 N–H and O–H groups in total. The van der Waals surface area contributed by atoms with Gasteiger partial charge >= 0.3 is 0 Å². The van der Waals surface area contributed by atoms with Crippen LogP contribution in [0.15, 0.2) is 48.5 Å². The Hall–Kier alpha value is -3.08. The van der Waals surface area contributed by atoms with Crippen LogP contribution < -0.4 is 10.1 Å². The lowest BCUT2D eigenvalue weighted by Crippen LogP contribution is -2.36. The van der Waals surface area contributed by atoms with E-state index in [1.807, 2.05) is 55.5 Å². The number of fused-ring (bicyclic) bond motifs is 2. The van der Waals surface area contributed by atoms with E-state index in [1.54, 1.807) is 6.08 Å². The molecule has 2 heterocycles. The number of para-hydroxylation sites is 1. The smallest absolute Gasteiger partial charge is 0.244 e. The highest BCUT2D eigenvalue weighted by atomic mass is 16.5. The molecular weight excluding hydrogens is 326 g/mol. The van der Waals surface area contributed by atoms with Crippen LogP contribution in [0.2, 0.25) is 0 Å². The second kappa shape index (κ2) is 6.67. The lowest BCUT2D eigenvalue weighted by Gasteiger charge is -2.31. The number of benzene rings is 2. The fourth-order valence-electron chi connectivity index (χ4n) is 3.35. The Balaban J connectivity index is 1.50. The molecule has 5 nitrogen and oxygen atoms in total. The maximum atomic E-state index is 12.4. The van der Waals surface area contributed by atoms with Gasteiger partial charge in [-0.2, -0.15) is 5.10 Å². The molecule has 0 radical (unpaired) electrons. The first kappa shape index (κ1) is 16.4. The molecule has 26 heavy (non-hydrogen) atoms. The monoisotopic (exact) mass is 347 g/mol. The molecule has 1 aliphatic heterocycles. The summed E-state index contributed by atoms with van der Waals surface area (Å²) in [6, 6.07) is 13.8. The lowest BCUT2D eigenvalue weighted by molar-refractivity contribution is -0.117. The number of rotatable bonds is 3. The Bertz CT molecular complexity index is 990. The van der Waals surface area contributed by atoms with Gasteiger partial charge in [0.2, 0.25) is 5.91 Å². The molecule has 3 aromatic rings. The summed E-state index contributed by atoms with van der Waals surface area (Å²) in [5, 5.41) is 11.4. The van der Waals surface area contributed by atoms with Crippen molar-refractivity contribution < 1.29 is 9.53 Å². The van der Waals surface area contributed by atoms with Gasteiger partial charge in [0, 0.05) is 28.6 Å². The fraction of sp³-hybridized carbons (Fsp3) is 0.238. The first-order valence-electron chi connectivity index (χ1n) is 8.77. The fourth-order valence-corrected chi connectivity index (χ4v) is 3.35. The summed E-state index contributed by atoms with van der Waals surface area (Å²) < 4.78 is 5.74. The molecule has 1 aliphatic rings. The number of H-pyrrole nitrogens is 1. The van der Waals surface area contributed by atoms with Crippen molar-refractivity contribution in [3.8, 4) is 5.75 Å². The van der Waals surface area contributed by atoms with Gasteiger partial charge in [0.1, 0.15) is 5.75 Å². The number of nitrogens with zero attached hydrogens (tertiary/aromatic N) is 1. The Kier molecular flexibility index (Phi) is 4.21. The van der Waals surface area contributed by atoms with Crippen LogP contribution in [-0.4, -0.2) is 22.7 Å². The summed E-state index contributed by atoms with van der Waals surface area (Å²) in [5.74, 6) is 0.946. The van der Waals surface area contributed by atoms with Crippen LogP contribution in [0, 0.1) is 12.8 Å². The van der Waals surface area contributed by atoms with E-state index in [9.17, 15) is 4.79 Å². The third-order valence-electron chi connectivity index (χ3n) is 4.82. The Morgan fingerprint density at radius 2 is 2.15 bits per heavy atom. The van der Waals surface area contributed by atoms with Crippen LogP contribution in [0.4, 0.5) is 0 Å². The van der Waals surface area contributed by atoms with E-state index in [1.165, 1.54) is 0 Å². The molecule has 0 aliphatic carbocycles. The maximum absolute atomic E-state index is 12.4. The van der Waals surface area contributed by atoms with Crippen LogP contribution in [0.1, 0.15) is 29.8 Å². The van der Waals surface area contributed by atoms with Crippen LogP contribution in [-0.2, 0) is 4.79 Å². The predicted molar refractivity (Wildman–Crippen MR) is 102 cm³/mol. The topological polar surface area (TPSA) is 67.0 Å². The predicted octanol–water partition coefficient (Wildman–Crippen LogP) is 3.77. The number of amides is 1. The second-order valence-electron chi connectivity index (χ2n) is 6.77. The van der Waals surface area contributed by atoms with Gasteiger partial charge in [-0.05, 0) is 30.7 Å². The van der Waals surface area contributed by atoms with E-state index >= 15 is 0 Å². The number of hydrogen-bond donors (Lipinski definition) is 2. The number of aromatic nitrogens is 2. The number of ether oxygens (including phenoxy) is 1. The van der Waals surface area contributed by atoms with Crippen molar-refractivity contribution in [2.24, 2.45) is 5.92 Å². The summed E-state index contributed by atoms with van der Waals surface area (Å²) in [4.78, 5) is 12.4. The molecule has 0 saturated carbocycles. The highest BCUT2D eigenvalue weighted by Gasteiger charge is 2.28. The van der Waals surface area contributed by atoms with E-state index in [0.717, 1.165) is 33.5 Å². The lowest BCUT2D eigenvalue weighted by atomic mass is 9.92. The summed E-state index contributed by atoms with van der Waals surface area (Å²) in [6.45, 7) is 4.67. The Morgan fingerprint density at radius 1 is 1.31 bits per heavy atom. The molecule has 0 fully saturated rings. The van der Waals surface area contributed by atoms with Crippen LogP contribution in [0.3, 0.4) is 0 Å². The average molecular weight is 347 g/mol. The van der Waals surface area contributed by atoms with E-state index in [-0.39, 0.29) is 17.9 Å². The number of carbonyl (C=O) groups is 1. The number of hydrogen-bond acceptors (Lipinski definition) is 3. The minimum absolute atomic E-state index is 0.0476. The summed E-state index contributed by atoms with van der Waals surface area (Å²) in [6.07, 6.45) is 3.39. The number of nitrogens with one attached hydrogen (secondary N) is 2. The van der Waals surface area contributed by atoms with E-state index in [2.05, 4.69) is 22.4 Å². The average Bonchev–Trinajstić information content (AvgIpc) is 3.03. The van der Waals surface area contributed by atoms with Gasteiger partial charge in [0.25, 0.3) is 0 Å². The number of carbonyl (C=O) groups excluding carboxylic acids is 1. The molecule has 0 saturated heterocycles. The van der Waals surface area contributed by atoms with E-state index in [4.69, 9.17) is 4.74 Å². The Labute approximate surface area is 152 Å². The zero-order valence-corrected chi connectivity index (χ0v) is 14.8. The molecule has 2 atom stereocenters. The molecule has 2 aromatic carbocycles. The van der Waals surface area contributed by atoms with E-state index < -0.39 is 0 Å². The third-order valence-corrected chi connectivity index (χ3v) is 4.82. The molecular formula is C21H21N3O2. The van der Waals surface area contributed by atoms with Crippen LogP contribution in [0.25, 0.3) is 17.0 Å². The van der Waals surface area contributed by atoms with Crippen molar-refractivity contribution in [1.29, 1.82) is 0 Å². The van der Waals surface area contributed by atoms with Crippen molar-refractivity contribution in [3.63, 3.8) is 0 Å². The number of aryl methyl sites for hydroxylation is 1. The summed E-state index contributed by atoms with van der Waals surface area (Å²) >= 11 is 0. The minimum Gasteiger partial charge on any atom is -0.493 e. The molecule has 0 spiro atoms. The molecule has 2 unspecified atom stereocenters. The summed E-state index contributed by atoms with van der Waals surface area (Å²) in [5.41, 5.74) is 3.92. The zero-order valence-electron chi connectivity index (χ0n) is 14.8. The van der Waals surface area contributed by atoms with Gasteiger partial charge in [-0.1, -0.05) is 37.3 Å². The van der Waals surface area contributed by atoms with E-state index in [0.29, 0.717) is 6.61 Å². The van der Waals surface area contributed by atoms with Crippen molar-refractivity contribution in [2.45, 2.75) is 19.9 Å². The van der Waals surface area contributed by atoms with Gasteiger partial charge < -0.3 is 10.1 Å². The molecule has 4 rings (SSSR count). The van der Waals surface area contributed by atoms with Gasteiger partial charge in [0.05, 0.1) is 18.2 Å². The molecule has 5 heteroatoms.